The number of aryl methyl sites for hydroxylation is 1. The van der Waals surface area contributed by atoms with Gasteiger partial charge in [0.05, 0.1) is 11.4 Å². The van der Waals surface area contributed by atoms with Gasteiger partial charge in [0.2, 0.25) is 5.91 Å². The number of hydrogen-bond donors (Lipinski definition) is 0. The number of piperazine rings is 1. The second kappa shape index (κ2) is 9.73. The van der Waals surface area contributed by atoms with Crippen LogP contribution in [0.3, 0.4) is 0 Å². The molecule has 0 spiro atoms. The topological polar surface area (TPSA) is 39.7 Å². The third-order valence-electron chi connectivity index (χ3n) is 5.90. The number of anilines is 2. The molecule has 0 aliphatic carbocycles. The minimum Gasteiger partial charge on any atom is -0.303 e. The molecule has 6 heteroatoms. The number of hydrogen-bond acceptors (Lipinski definition) is 5. The molecule has 1 unspecified atom stereocenters. The van der Waals surface area contributed by atoms with Crippen LogP contribution in [0.15, 0.2) is 60.0 Å². The van der Waals surface area contributed by atoms with Crippen molar-refractivity contribution in [1.82, 2.24) is 14.8 Å². The molecule has 1 atom stereocenters. The molecule has 1 fully saturated rings. The molecule has 2 heterocycles. The number of aromatic nitrogens is 1. The van der Waals surface area contributed by atoms with Gasteiger partial charge >= 0.3 is 0 Å². The molecule has 1 saturated heterocycles. The minimum atomic E-state index is -0.0106. The minimum absolute atomic E-state index is 0.0106. The summed E-state index contributed by atoms with van der Waals surface area (Å²) in [6.45, 7) is 7.55. The Morgan fingerprint density at radius 1 is 1.13 bits per heavy atom. The van der Waals surface area contributed by atoms with Crippen molar-refractivity contribution in [2.24, 2.45) is 0 Å². The van der Waals surface area contributed by atoms with Crippen LogP contribution in [0.4, 0.5) is 10.8 Å². The Labute approximate surface area is 188 Å². The van der Waals surface area contributed by atoms with E-state index in [0.29, 0.717) is 6.04 Å². The van der Waals surface area contributed by atoms with Crippen LogP contribution in [0.25, 0.3) is 0 Å². The average Bonchev–Trinajstić information content (AvgIpc) is 3.23. The SMILES string of the molecule is CCc1ccccc1N(C(C)=O)c1nc(CN2CCN(C)CC2c2ccccc2)cs1. The highest BCUT2D eigenvalue weighted by molar-refractivity contribution is 7.14. The smallest absolute Gasteiger partial charge is 0.230 e. The molecule has 5 nitrogen and oxygen atoms in total. The number of amides is 1. The zero-order valence-corrected chi connectivity index (χ0v) is 19.3. The molecule has 0 bridgehead atoms. The predicted octanol–water partition coefficient (Wildman–Crippen LogP) is 4.88. The van der Waals surface area contributed by atoms with Crippen molar-refractivity contribution in [2.45, 2.75) is 32.9 Å². The van der Waals surface area contributed by atoms with E-state index in [-0.39, 0.29) is 5.91 Å². The van der Waals surface area contributed by atoms with Gasteiger partial charge in [-0.2, -0.15) is 0 Å². The monoisotopic (exact) mass is 434 g/mol. The molecule has 0 radical (unpaired) electrons. The number of thiazole rings is 1. The quantitative estimate of drug-likeness (QED) is 0.554. The molecular formula is C25H30N4OS. The maximum absolute atomic E-state index is 12.6. The van der Waals surface area contributed by atoms with Gasteiger partial charge in [0.25, 0.3) is 0 Å². The van der Waals surface area contributed by atoms with Crippen LogP contribution in [0.1, 0.15) is 36.7 Å². The Bertz CT molecular complexity index is 1020. The summed E-state index contributed by atoms with van der Waals surface area (Å²) in [6.07, 6.45) is 0.873. The van der Waals surface area contributed by atoms with Crippen LogP contribution in [-0.4, -0.2) is 47.4 Å². The number of carbonyl (C=O) groups excluding carboxylic acids is 1. The Morgan fingerprint density at radius 3 is 2.61 bits per heavy atom. The molecule has 1 aromatic heterocycles. The van der Waals surface area contributed by atoms with Crippen molar-refractivity contribution in [1.29, 1.82) is 0 Å². The molecule has 2 aromatic carbocycles. The molecule has 4 rings (SSSR count). The van der Waals surface area contributed by atoms with Gasteiger partial charge in [-0.1, -0.05) is 55.5 Å². The molecule has 162 valence electrons. The third kappa shape index (κ3) is 4.87. The highest BCUT2D eigenvalue weighted by Crippen LogP contribution is 2.33. The van der Waals surface area contributed by atoms with Crippen LogP contribution >= 0.6 is 11.3 Å². The summed E-state index contributed by atoms with van der Waals surface area (Å²) >= 11 is 1.54. The van der Waals surface area contributed by atoms with E-state index in [2.05, 4.69) is 65.5 Å². The number of nitrogens with zero attached hydrogens (tertiary/aromatic N) is 4. The van der Waals surface area contributed by atoms with E-state index in [0.717, 1.165) is 54.7 Å². The highest BCUT2D eigenvalue weighted by atomic mass is 32.1. The number of carbonyl (C=O) groups is 1. The molecule has 3 aromatic rings. The second-order valence-electron chi connectivity index (χ2n) is 8.12. The first-order chi connectivity index (χ1) is 15.1. The fourth-order valence-corrected chi connectivity index (χ4v) is 5.12. The standard InChI is InChI=1S/C25H30N4OS/c1-4-20-10-8-9-13-23(20)29(19(2)30)25-26-22(18-31-25)16-28-15-14-27(3)17-24(28)21-11-6-5-7-12-21/h5-13,18,24H,4,14-17H2,1-3H3. The normalized spacial score (nSPS) is 17.6. The van der Waals surface area contributed by atoms with Crippen LogP contribution in [0.2, 0.25) is 0 Å². The van der Waals surface area contributed by atoms with Gasteiger partial charge in [0.1, 0.15) is 0 Å². The summed E-state index contributed by atoms with van der Waals surface area (Å²) in [7, 11) is 2.18. The lowest BCUT2D eigenvalue weighted by Crippen LogP contribution is -2.46. The Morgan fingerprint density at radius 2 is 1.87 bits per heavy atom. The van der Waals surface area contributed by atoms with Gasteiger partial charge in [-0.25, -0.2) is 4.98 Å². The van der Waals surface area contributed by atoms with Crippen LogP contribution in [0, 0.1) is 0 Å². The molecule has 1 amide bonds. The summed E-state index contributed by atoms with van der Waals surface area (Å²) in [5.41, 5.74) is 4.44. The van der Waals surface area contributed by atoms with E-state index in [9.17, 15) is 4.79 Å². The zero-order valence-electron chi connectivity index (χ0n) is 18.5. The molecule has 1 aliphatic rings. The summed E-state index contributed by atoms with van der Waals surface area (Å²) in [4.78, 5) is 24.1. The van der Waals surface area contributed by atoms with E-state index in [1.165, 1.54) is 5.56 Å². The number of para-hydroxylation sites is 1. The van der Waals surface area contributed by atoms with E-state index < -0.39 is 0 Å². The lowest BCUT2D eigenvalue weighted by atomic mass is 10.0. The Kier molecular flexibility index (Phi) is 6.80. The average molecular weight is 435 g/mol. The first kappa shape index (κ1) is 21.7. The van der Waals surface area contributed by atoms with Crippen LogP contribution in [-0.2, 0) is 17.8 Å². The molecule has 0 N–H and O–H groups in total. The molecule has 1 aliphatic heterocycles. The van der Waals surface area contributed by atoms with E-state index >= 15 is 0 Å². The molecule has 31 heavy (non-hydrogen) atoms. The highest BCUT2D eigenvalue weighted by Gasteiger charge is 2.28. The second-order valence-corrected chi connectivity index (χ2v) is 8.95. The molecule has 0 saturated carbocycles. The third-order valence-corrected chi connectivity index (χ3v) is 6.78. The summed E-state index contributed by atoms with van der Waals surface area (Å²) in [5.74, 6) is -0.0106. The van der Waals surface area contributed by atoms with Crippen molar-refractivity contribution in [3.63, 3.8) is 0 Å². The van der Waals surface area contributed by atoms with Gasteiger partial charge < -0.3 is 4.90 Å². The largest absolute Gasteiger partial charge is 0.303 e. The maximum atomic E-state index is 12.6. The van der Waals surface area contributed by atoms with Gasteiger partial charge in [0.15, 0.2) is 5.13 Å². The van der Waals surface area contributed by atoms with E-state index in [4.69, 9.17) is 4.98 Å². The van der Waals surface area contributed by atoms with E-state index in [1.807, 2.05) is 18.2 Å². The molecular weight excluding hydrogens is 404 g/mol. The van der Waals surface area contributed by atoms with Gasteiger partial charge in [-0.05, 0) is 30.7 Å². The maximum Gasteiger partial charge on any atom is 0.230 e. The number of rotatable bonds is 6. The van der Waals surface area contributed by atoms with Crippen molar-refractivity contribution in [3.05, 3.63) is 76.8 Å². The van der Waals surface area contributed by atoms with E-state index in [1.54, 1.807) is 23.2 Å². The zero-order chi connectivity index (χ0) is 21.8. The first-order valence-corrected chi connectivity index (χ1v) is 11.7. The summed E-state index contributed by atoms with van der Waals surface area (Å²) < 4.78 is 0. The van der Waals surface area contributed by atoms with Gasteiger partial charge in [-0.15, -0.1) is 11.3 Å². The lowest BCUT2D eigenvalue weighted by Gasteiger charge is -2.40. The number of likely N-dealkylation sites (N-methyl/N-ethyl adjacent to an activating group) is 1. The fourth-order valence-electron chi connectivity index (χ4n) is 4.25. The van der Waals surface area contributed by atoms with Crippen molar-refractivity contribution in [2.75, 3.05) is 31.6 Å². The fraction of sp³-hybridized carbons (Fsp3) is 0.360. The first-order valence-electron chi connectivity index (χ1n) is 10.9. The summed E-state index contributed by atoms with van der Waals surface area (Å²) in [5, 5.41) is 2.84. The predicted molar refractivity (Wildman–Crippen MR) is 128 cm³/mol. The van der Waals surface area contributed by atoms with Gasteiger partial charge in [0, 0.05) is 44.5 Å². The lowest BCUT2D eigenvalue weighted by molar-refractivity contribution is -0.115. The Balaban J connectivity index is 1.58. The van der Waals surface area contributed by atoms with Crippen LogP contribution < -0.4 is 4.90 Å². The van der Waals surface area contributed by atoms with Gasteiger partial charge in [-0.3, -0.25) is 14.6 Å². The van der Waals surface area contributed by atoms with Crippen LogP contribution in [0.5, 0.6) is 0 Å². The van der Waals surface area contributed by atoms with Crippen molar-refractivity contribution < 1.29 is 4.79 Å². The Hall–Kier alpha value is -2.54. The van der Waals surface area contributed by atoms with Crippen molar-refractivity contribution in [3.8, 4) is 0 Å². The van der Waals surface area contributed by atoms with Crippen molar-refractivity contribution >= 4 is 28.1 Å². The summed E-state index contributed by atoms with van der Waals surface area (Å²) in [6, 6.07) is 19.1. The number of benzene rings is 2.